The SMILES string of the molecule is C/C=C/C(C#N)N(C)C12CC3CC(CC(C3)C1)C2. The van der Waals surface area contributed by atoms with Crippen LogP contribution in [0.25, 0.3) is 0 Å². The van der Waals surface area contributed by atoms with Crippen molar-refractivity contribution in [3.05, 3.63) is 12.2 Å². The molecule has 1 atom stereocenters. The van der Waals surface area contributed by atoms with E-state index in [0.29, 0.717) is 5.54 Å². The van der Waals surface area contributed by atoms with Gasteiger partial charge >= 0.3 is 0 Å². The lowest BCUT2D eigenvalue weighted by molar-refractivity contribution is -0.0820. The third kappa shape index (κ3) is 1.80. The van der Waals surface area contributed by atoms with Crippen molar-refractivity contribution in [1.29, 1.82) is 5.26 Å². The van der Waals surface area contributed by atoms with Gasteiger partial charge in [0.05, 0.1) is 6.07 Å². The monoisotopic (exact) mass is 244 g/mol. The minimum atomic E-state index is -0.0359. The fourth-order valence-electron chi connectivity index (χ4n) is 5.23. The largest absolute Gasteiger partial charge is 0.282 e. The molecule has 1 unspecified atom stereocenters. The normalized spacial score (nSPS) is 43.6. The van der Waals surface area contributed by atoms with Crippen LogP contribution in [0, 0.1) is 29.1 Å². The number of hydrogen-bond acceptors (Lipinski definition) is 2. The molecule has 98 valence electrons. The van der Waals surface area contributed by atoms with Crippen LogP contribution in [0.15, 0.2) is 12.2 Å². The molecule has 2 nitrogen and oxygen atoms in total. The molecule has 2 heteroatoms. The predicted molar refractivity (Wildman–Crippen MR) is 72.9 cm³/mol. The van der Waals surface area contributed by atoms with Crippen molar-refractivity contribution >= 4 is 0 Å². The zero-order valence-electron chi connectivity index (χ0n) is 11.6. The molecule has 0 saturated heterocycles. The van der Waals surface area contributed by atoms with Gasteiger partial charge in [-0.25, -0.2) is 0 Å². The van der Waals surface area contributed by atoms with Crippen molar-refractivity contribution in [3.63, 3.8) is 0 Å². The molecule has 4 aliphatic rings. The van der Waals surface area contributed by atoms with E-state index in [9.17, 15) is 5.26 Å². The van der Waals surface area contributed by atoms with Gasteiger partial charge in [-0.05, 0) is 70.3 Å². The Bertz CT molecular complexity index is 355. The standard InChI is InChI=1S/C16H24N2/c1-3-4-15(11-17)18(2)16-8-12-5-13(9-16)7-14(6-12)10-16/h3-4,12-15H,5-10H2,1-2H3/b4-3+. The molecule has 18 heavy (non-hydrogen) atoms. The van der Waals surface area contributed by atoms with Gasteiger partial charge in [-0.15, -0.1) is 0 Å². The van der Waals surface area contributed by atoms with Crippen LogP contribution in [-0.4, -0.2) is 23.5 Å². The summed E-state index contributed by atoms with van der Waals surface area (Å²) in [5, 5.41) is 9.39. The number of hydrogen-bond donors (Lipinski definition) is 0. The van der Waals surface area contributed by atoms with E-state index in [2.05, 4.69) is 24.1 Å². The highest BCUT2D eigenvalue weighted by Crippen LogP contribution is 2.57. The van der Waals surface area contributed by atoms with Crippen LogP contribution in [-0.2, 0) is 0 Å². The Morgan fingerprint density at radius 2 is 1.67 bits per heavy atom. The number of nitriles is 1. The van der Waals surface area contributed by atoms with Gasteiger partial charge in [-0.1, -0.05) is 12.2 Å². The number of allylic oxidation sites excluding steroid dienone is 1. The Hall–Kier alpha value is -0.810. The summed E-state index contributed by atoms with van der Waals surface area (Å²) in [4.78, 5) is 2.40. The molecule has 0 aliphatic heterocycles. The summed E-state index contributed by atoms with van der Waals surface area (Å²) < 4.78 is 0. The van der Waals surface area contributed by atoms with Gasteiger partial charge < -0.3 is 0 Å². The van der Waals surface area contributed by atoms with Gasteiger partial charge in [0.2, 0.25) is 0 Å². The van der Waals surface area contributed by atoms with Gasteiger partial charge in [0.25, 0.3) is 0 Å². The summed E-state index contributed by atoms with van der Waals surface area (Å²) in [6.45, 7) is 2.01. The maximum absolute atomic E-state index is 9.39. The lowest BCUT2D eigenvalue weighted by Crippen LogP contribution is -2.60. The Morgan fingerprint density at radius 3 is 2.06 bits per heavy atom. The first-order chi connectivity index (χ1) is 8.66. The Morgan fingerprint density at radius 1 is 1.17 bits per heavy atom. The maximum Gasteiger partial charge on any atom is 0.117 e. The second-order valence-corrected chi connectivity index (χ2v) is 6.85. The highest BCUT2D eigenvalue weighted by atomic mass is 15.2. The highest BCUT2D eigenvalue weighted by molar-refractivity contribution is 5.14. The van der Waals surface area contributed by atoms with E-state index in [1.165, 1.54) is 38.5 Å². The van der Waals surface area contributed by atoms with Gasteiger partial charge in [0, 0.05) is 5.54 Å². The third-order valence-corrected chi connectivity index (χ3v) is 5.68. The zero-order chi connectivity index (χ0) is 12.8. The van der Waals surface area contributed by atoms with E-state index in [4.69, 9.17) is 0 Å². The van der Waals surface area contributed by atoms with Crippen LogP contribution in [0.4, 0.5) is 0 Å². The van der Waals surface area contributed by atoms with E-state index < -0.39 is 0 Å². The van der Waals surface area contributed by atoms with Crippen molar-refractivity contribution in [2.45, 2.75) is 57.0 Å². The summed E-state index contributed by atoms with van der Waals surface area (Å²) in [5.74, 6) is 2.84. The number of nitrogens with zero attached hydrogens (tertiary/aromatic N) is 2. The molecule has 0 aromatic heterocycles. The first-order valence-corrected chi connectivity index (χ1v) is 7.42. The minimum Gasteiger partial charge on any atom is -0.282 e. The molecular weight excluding hydrogens is 220 g/mol. The molecule has 0 radical (unpaired) electrons. The average Bonchev–Trinajstić information content (AvgIpc) is 2.33. The minimum absolute atomic E-state index is 0.0359. The van der Waals surface area contributed by atoms with E-state index in [0.717, 1.165) is 17.8 Å². The van der Waals surface area contributed by atoms with E-state index in [1.807, 2.05) is 13.0 Å². The van der Waals surface area contributed by atoms with Crippen molar-refractivity contribution in [2.24, 2.45) is 17.8 Å². The van der Waals surface area contributed by atoms with Crippen LogP contribution in [0.3, 0.4) is 0 Å². The molecule has 0 heterocycles. The fourth-order valence-corrected chi connectivity index (χ4v) is 5.23. The molecule has 4 fully saturated rings. The zero-order valence-corrected chi connectivity index (χ0v) is 11.6. The molecule has 0 aromatic carbocycles. The number of rotatable bonds is 3. The topological polar surface area (TPSA) is 27.0 Å². The average molecular weight is 244 g/mol. The van der Waals surface area contributed by atoms with Crippen LogP contribution in [0.1, 0.15) is 45.4 Å². The highest BCUT2D eigenvalue weighted by Gasteiger charge is 2.53. The van der Waals surface area contributed by atoms with E-state index in [-0.39, 0.29) is 6.04 Å². The molecule has 0 N–H and O–H groups in total. The molecule has 4 saturated carbocycles. The molecule has 4 aliphatic carbocycles. The number of likely N-dealkylation sites (N-methyl/N-ethyl adjacent to an activating group) is 1. The van der Waals surface area contributed by atoms with E-state index in [1.54, 1.807) is 0 Å². The summed E-state index contributed by atoms with van der Waals surface area (Å²) in [5.41, 5.74) is 0.342. The predicted octanol–water partition coefficient (Wildman–Crippen LogP) is 3.36. The van der Waals surface area contributed by atoms with Crippen LogP contribution in [0.2, 0.25) is 0 Å². The molecule has 4 rings (SSSR count). The molecule has 0 amide bonds. The molecular formula is C16H24N2. The Kier molecular flexibility index (Phi) is 2.98. The summed E-state index contributed by atoms with van der Waals surface area (Å²) in [6.07, 6.45) is 12.5. The van der Waals surface area contributed by atoms with Crippen molar-refractivity contribution < 1.29 is 0 Å². The maximum atomic E-state index is 9.39. The molecule has 0 spiro atoms. The lowest BCUT2D eigenvalue weighted by Gasteiger charge is -2.60. The van der Waals surface area contributed by atoms with Gasteiger partial charge in [-0.2, -0.15) is 5.26 Å². The van der Waals surface area contributed by atoms with Crippen LogP contribution < -0.4 is 0 Å². The van der Waals surface area contributed by atoms with E-state index >= 15 is 0 Å². The van der Waals surface area contributed by atoms with Crippen molar-refractivity contribution in [2.75, 3.05) is 7.05 Å². The van der Waals surface area contributed by atoms with Crippen LogP contribution in [0.5, 0.6) is 0 Å². The van der Waals surface area contributed by atoms with Gasteiger partial charge in [-0.3, -0.25) is 4.90 Å². The van der Waals surface area contributed by atoms with Crippen molar-refractivity contribution in [3.8, 4) is 6.07 Å². The van der Waals surface area contributed by atoms with Gasteiger partial charge in [0.15, 0.2) is 0 Å². The first-order valence-electron chi connectivity index (χ1n) is 7.42. The second-order valence-electron chi connectivity index (χ2n) is 6.85. The quantitative estimate of drug-likeness (QED) is 0.712. The molecule has 0 aromatic rings. The lowest BCUT2D eigenvalue weighted by atomic mass is 9.52. The smallest absolute Gasteiger partial charge is 0.117 e. The summed E-state index contributed by atoms with van der Waals surface area (Å²) in [6, 6.07) is 2.43. The fraction of sp³-hybridized carbons (Fsp3) is 0.812. The first kappa shape index (κ1) is 12.2. The Labute approximate surface area is 111 Å². The van der Waals surface area contributed by atoms with Crippen LogP contribution >= 0.6 is 0 Å². The van der Waals surface area contributed by atoms with Crippen molar-refractivity contribution in [1.82, 2.24) is 4.90 Å². The third-order valence-electron chi connectivity index (χ3n) is 5.68. The Balaban J connectivity index is 1.84. The summed E-state index contributed by atoms with van der Waals surface area (Å²) in [7, 11) is 2.18. The van der Waals surface area contributed by atoms with Gasteiger partial charge in [0.1, 0.15) is 6.04 Å². The second kappa shape index (κ2) is 4.38. The summed E-state index contributed by atoms with van der Waals surface area (Å²) >= 11 is 0. The molecule has 4 bridgehead atoms.